The molecular weight excluding hydrogens is 292 g/mol. The lowest BCUT2D eigenvalue weighted by Crippen LogP contribution is -2.30. The van der Waals surface area contributed by atoms with Crippen molar-refractivity contribution in [2.75, 3.05) is 11.9 Å². The molecule has 0 aromatic heterocycles. The lowest BCUT2D eigenvalue weighted by Gasteiger charge is -2.12. The van der Waals surface area contributed by atoms with E-state index in [1.807, 2.05) is 0 Å². The fraction of sp³-hybridized carbons (Fsp3) is 0.500. The van der Waals surface area contributed by atoms with Crippen LogP contribution in [0.25, 0.3) is 0 Å². The molecule has 116 valence electrons. The number of hydrogen-bond acceptors (Lipinski definition) is 4. The third kappa shape index (κ3) is 4.26. The molecule has 0 spiro atoms. The van der Waals surface area contributed by atoms with Crippen LogP contribution >= 0.6 is 0 Å². The van der Waals surface area contributed by atoms with Crippen LogP contribution in [0.5, 0.6) is 0 Å². The Balaban J connectivity index is 2.03. The molecule has 1 amide bonds. The molecule has 0 aliphatic carbocycles. The minimum Gasteiger partial charge on any atom is -0.368 e. The van der Waals surface area contributed by atoms with Crippen LogP contribution in [0, 0.1) is 0 Å². The zero-order valence-corrected chi connectivity index (χ0v) is 12.9. The summed E-state index contributed by atoms with van der Waals surface area (Å²) >= 11 is 0. The predicted molar refractivity (Wildman–Crippen MR) is 79.5 cm³/mol. The van der Waals surface area contributed by atoms with Crippen molar-refractivity contribution in [1.82, 2.24) is 4.72 Å². The Morgan fingerprint density at radius 2 is 1.95 bits per heavy atom. The Bertz CT molecular complexity index is 590. The van der Waals surface area contributed by atoms with Crippen LogP contribution in [0.15, 0.2) is 29.2 Å². The van der Waals surface area contributed by atoms with E-state index in [4.69, 9.17) is 4.74 Å². The van der Waals surface area contributed by atoms with Gasteiger partial charge in [0.15, 0.2) is 0 Å². The first-order chi connectivity index (χ1) is 9.88. The lowest BCUT2D eigenvalue weighted by atomic mass is 10.2. The summed E-state index contributed by atoms with van der Waals surface area (Å²) < 4.78 is 31.7. The van der Waals surface area contributed by atoms with Crippen molar-refractivity contribution in [3.05, 3.63) is 24.3 Å². The first-order valence-corrected chi connectivity index (χ1v) is 8.41. The monoisotopic (exact) mass is 312 g/mol. The van der Waals surface area contributed by atoms with E-state index in [0.29, 0.717) is 12.3 Å². The zero-order valence-electron chi connectivity index (χ0n) is 12.1. The van der Waals surface area contributed by atoms with E-state index in [2.05, 4.69) is 10.0 Å². The molecule has 0 saturated carbocycles. The van der Waals surface area contributed by atoms with E-state index >= 15 is 0 Å². The van der Waals surface area contributed by atoms with Gasteiger partial charge in [-0.15, -0.1) is 0 Å². The lowest BCUT2D eigenvalue weighted by molar-refractivity contribution is -0.124. The number of sulfonamides is 1. The van der Waals surface area contributed by atoms with Crippen LogP contribution in [0.2, 0.25) is 0 Å². The summed E-state index contributed by atoms with van der Waals surface area (Å²) in [7, 11) is -3.51. The molecule has 7 heteroatoms. The first kappa shape index (κ1) is 15.9. The number of anilines is 1. The van der Waals surface area contributed by atoms with Gasteiger partial charge in [-0.3, -0.25) is 4.79 Å². The van der Waals surface area contributed by atoms with Gasteiger partial charge in [0.05, 0.1) is 4.90 Å². The van der Waals surface area contributed by atoms with Gasteiger partial charge < -0.3 is 10.1 Å². The molecule has 1 saturated heterocycles. The third-order valence-electron chi connectivity index (χ3n) is 3.05. The van der Waals surface area contributed by atoms with Gasteiger partial charge in [-0.05, 0) is 51.0 Å². The molecule has 6 nitrogen and oxygen atoms in total. The first-order valence-electron chi connectivity index (χ1n) is 6.93. The Labute approximate surface area is 124 Å². The largest absolute Gasteiger partial charge is 0.368 e. The fourth-order valence-corrected chi connectivity index (χ4v) is 3.35. The summed E-state index contributed by atoms with van der Waals surface area (Å²) in [5.74, 6) is -0.191. The van der Waals surface area contributed by atoms with Crippen molar-refractivity contribution in [2.45, 2.75) is 43.7 Å². The van der Waals surface area contributed by atoms with Crippen molar-refractivity contribution in [2.24, 2.45) is 0 Å². The zero-order chi connectivity index (χ0) is 15.5. The molecule has 0 radical (unpaired) electrons. The number of carbonyl (C=O) groups excluding carboxylic acids is 1. The Morgan fingerprint density at radius 3 is 2.48 bits per heavy atom. The highest BCUT2D eigenvalue weighted by molar-refractivity contribution is 7.89. The van der Waals surface area contributed by atoms with Gasteiger partial charge in [-0.2, -0.15) is 0 Å². The summed E-state index contributed by atoms with van der Waals surface area (Å²) in [6, 6.07) is 5.91. The van der Waals surface area contributed by atoms with Gasteiger partial charge in [0.2, 0.25) is 10.0 Å². The fourth-order valence-electron chi connectivity index (χ4n) is 2.10. The second-order valence-corrected chi connectivity index (χ2v) is 7.01. The van der Waals surface area contributed by atoms with E-state index in [9.17, 15) is 13.2 Å². The highest BCUT2D eigenvalue weighted by Crippen LogP contribution is 2.17. The van der Waals surface area contributed by atoms with Crippen LogP contribution in [-0.4, -0.2) is 33.1 Å². The summed E-state index contributed by atoms with van der Waals surface area (Å²) in [6.07, 6.45) is 1.20. The van der Waals surface area contributed by atoms with Gasteiger partial charge >= 0.3 is 0 Å². The van der Waals surface area contributed by atoms with E-state index in [-0.39, 0.29) is 16.8 Å². The average Bonchev–Trinajstić information content (AvgIpc) is 2.91. The molecule has 2 rings (SSSR count). The molecule has 1 atom stereocenters. The molecule has 1 aliphatic heterocycles. The Morgan fingerprint density at radius 1 is 1.29 bits per heavy atom. The molecule has 1 unspecified atom stereocenters. The van der Waals surface area contributed by atoms with Crippen LogP contribution < -0.4 is 10.0 Å². The minimum atomic E-state index is -3.51. The molecule has 1 heterocycles. The highest BCUT2D eigenvalue weighted by Gasteiger charge is 2.23. The van der Waals surface area contributed by atoms with Crippen LogP contribution in [0.3, 0.4) is 0 Å². The second kappa shape index (κ2) is 6.55. The number of amides is 1. The molecule has 1 aliphatic rings. The molecular formula is C14H20N2O4S. The third-order valence-corrected chi connectivity index (χ3v) is 4.72. The topological polar surface area (TPSA) is 84.5 Å². The Hall–Kier alpha value is -1.44. The summed E-state index contributed by atoms with van der Waals surface area (Å²) in [5.41, 5.74) is 0.555. The maximum absolute atomic E-state index is 12.0. The van der Waals surface area contributed by atoms with Crippen molar-refractivity contribution < 1.29 is 17.9 Å². The van der Waals surface area contributed by atoms with Crippen LogP contribution in [-0.2, 0) is 19.6 Å². The van der Waals surface area contributed by atoms with Crippen molar-refractivity contribution in [3.63, 3.8) is 0 Å². The number of nitrogens with one attached hydrogen (secondary N) is 2. The summed E-state index contributed by atoms with van der Waals surface area (Å²) in [4.78, 5) is 12.0. The van der Waals surface area contributed by atoms with E-state index in [1.165, 1.54) is 12.1 Å². The van der Waals surface area contributed by atoms with E-state index < -0.39 is 16.1 Å². The molecule has 21 heavy (non-hydrogen) atoms. The van der Waals surface area contributed by atoms with Crippen molar-refractivity contribution in [1.29, 1.82) is 0 Å². The van der Waals surface area contributed by atoms with Crippen LogP contribution in [0.4, 0.5) is 5.69 Å². The average molecular weight is 312 g/mol. The molecule has 1 aromatic rings. The normalized spacial score (nSPS) is 18.9. The molecule has 0 bridgehead atoms. The van der Waals surface area contributed by atoms with Gasteiger partial charge in [-0.1, -0.05) is 0 Å². The van der Waals surface area contributed by atoms with E-state index in [1.54, 1.807) is 26.0 Å². The summed E-state index contributed by atoms with van der Waals surface area (Å²) in [6.45, 7) is 4.12. The minimum absolute atomic E-state index is 0.172. The number of hydrogen-bond donors (Lipinski definition) is 2. The SMILES string of the molecule is CC(C)NS(=O)(=O)c1ccc(NC(=O)C2CCCO2)cc1. The van der Waals surface area contributed by atoms with Gasteiger partial charge in [0, 0.05) is 18.3 Å². The van der Waals surface area contributed by atoms with Crippen molar-refractivity contribution in [3.8, 4) is 0 Å². The second-order valence-electron chi connectivity index (χ2n) is 5.29. The van der Waals surface area contributed by atoms with Gasteiger partial charge in [0.25, 0.3) is 5.91 Å². The van der Waals surface area contributed by atoms with Crippen LogP contribution in [0.1, 0.15) is 26.7 Å². The van der Waals surface area contributed by atoms with Crippen molar-refractivity contribution >= 4 is 21.6 Å². The predicted octanol–water partition coefficient (Wildman–Crippen LogP) is 1.49. The van der Waals surface area contributed by atoms with Gasteiger partial charge in [0.1, 0.15) is 6.10 Å². The number of benzene rings is 1. The number of rotatable bonds is 5. The maximum Gasteiger partial charge on any atom is 0.253 e. The van der Waals surface area contributed by atoms with Gasteiger partial charge in [-0.25, -0.2) is 13.1 Å². The summed E-state index contributed by atoms with van der Waals surface area (Å²) in [5, 5.41) is 2.72. The molecule has 1 aromatic carbocycles. The molecule has 2 N–H and O–H groups in total. The smallest absolute Gasteiger partial charge is 0.253 e. The standard InChI is InChI=1S/C14H20N2O4S/c1-10(2)16-21(18,19)12-7-5-11(6-8-12)15-14(17)13-4-3-9-20-13/h5-8,10,13,16H,3-4,9H2,1-2H3,(H,15,17). The number of carbonyl (C=O) groups is 1. The maximum atomic E-state index is 12.0. The van der Waals surface area contributed by atoms with E-state index in [0.717, 1.165) is 12.8 Å². The number of ether oxygens (including phenoxy) is 1. The Kier molecular flexibility index (Phi) is 4.97. The highest BCUT2D eigenvalue weighted by atomic mass is 32.2. The molecule has 1 fully saturated rings. The quantitative estimate of drug-likeness (QED) is 0.863.